The Hall–Kier alpha value is -0.260. The van der Waals surface area contributed by atoms with Gasteiger partial charge < -0.3 is 15.8 Å². The minimum atomic E-state index is -0.614. The standard InChI is InChI=1S/C12H24N2O2S/c1-9(2)14-12(3,11(13)15)8-17-10-4-6-16-7-5-10/h9-10,14H,4-8H2,1-3H3,(H2,13,15). The molecule has 0 aliphatic carbocycles. The lowest BCUT2D eigenvalue weighted by Crippen LogP contribution is -2.57. The molecule has 1 saturated heterocycles. The van der Waals surface area contributed by atoms with E-state index in [2.05, 4.69) is 5.32 Å². The molecule has 0 radical (unpaired) electrons. The number of hydrogen-bond donors (Lipinski definition) is 2. The van der Waals surface area contributed by atoms with Crippen molar-refractivity contribution in [1.29, 1.82) is 0 Å². The number of hydrogen-bond acceptors (Lipinski definition) is 4. The Kier molecular flexibility index (Phi) is 5.76. The normalized spacial score (nSPS) is 21.4. The van der Waals surface area contributed by atoms with Crippen LogP contribution in [-0.2, 0) is 9.53 Å². The SMILES string of the molecule is CC(C)NC(C)(CSC1CCOCC1)C(N)=O. The highest BCUT2D eigenvalue weighted by atomic mass is 32.2. The van der Waals surface area contributed by atoms with E-state index in [1.807, 2.05) is 32.5 Å². The van der Waals surface area contributed by atoms with Crippen molar-refractivity contribution in [2.45, 2.75) is 50.4 Å². The number of nitrogens with one attached hydrogen (secondary N) is 1. The molecule has 4 nitrogen and oxygen atoms in total. The molecule has 1 aliphatic rings. The minimum absolute atomic E-state index is 0.253. The molecule has 0 spiro atoms. The van der Waals surface area contributed by atoms with Gasteiger partial charge in [0.1, 0.15) is 5.54 Å². The van der Waals surface area contributed by atoms with Gasteiger partial charge in [-0.25, -0.2) is 0 Å². The molecule has 0 aromatic carbocycles. The molecule has 1 unspecified atom stereocenters. The van der Waals surface area contributed by atoms with Crippen molar-refractivity contribution in [2.24, 2.45) is 5.73 Å². The Morgan fingerprint density at radius 2 is 2.12 bits per heavy atom. The molecule has 100 valence electrons. The second-order valence-corrected chi connectivity index (χ2v) is 6.41. The summed E-state index contributed by atoms with van der Waals surface area (Å²) < 4.78 is 5.32. The summed E-state index contributed by atoms with van der Waals surface area (Å²) >= 11 is 1.83. The van der Waals surface area contributed by atoms with Crippen LogP contribution in [0.25, 0.3) is 0 Å². The first-order valence-corrected chi connectivity index (χ1v) is 7.26. The fraction of sp³-hybridized carbons (Fsp3) is 0.917. The smallest absolute Gasteiger partial charge is 0.238 e. The molecule has 17 heavy (non-hydrogen) atoms. The maximum atomic E-state index is 11.6. The number of thioether (sulfide) groups is 1. The van der Waals surface area contributed by atoms with Crippen LogP contribution >= 0.6 is 11.8 Å². The first-order valence-electron chi connectivity index (χ1n) is 6.21. The number of primary amides is 1. The lowest BCUT2D eigenvalue weighted by molar-refractivity contribution is -0.123. The van der Waals surface area contributed by atoms with Crippen LogP contribution in [0, 0.1) is 0 Å². The van der Waals surface area contributed by atoms with Gasteiger partial charge in [0.2, 0.25) is 5.91 Å². The molecule has 1 aliphatic heterocycles. The molecule has 1 atom stereocenters. The van der Waals surface area contributed by atoms with Crippen LogP contribution in [0.5, 0.6) is 0 Å². The molecular formula is C12H24N2O2S. The van der Waals surface area contributed by atoms with E-state index >= 15 is 0 Å². The van der Waals surface area contributed by atoms with Crippen molar-refractivity contribution in [3.05, 3.63) is 0 Å². The van der Waals surface area contributed by atoms with E-state index in [1.165, 1.54) is 0 Å². The van der Waals surface area contributed by atoms with Crippen molar-refractivity contribution >= 4 is 17.7 Å². The second kappa shape index (κ2) is 6.61. The summed E-state index contributed by atoms with van der Waals surface area (Å²) in [5, 5.41) is 3.86. The molecule has 1 fully saturated rings. The third-order valence-corrected chi connectivity index (χ3v) is 4.61. The quantitative estimate of drug-likeness (QED) is 0.752. The zero-order chi connectivity index (χ0) is 12.9. The molecule has 0 saturated carbocycles. The Balaban J connectivity index is 2.45. The topological polar surface area (TPSA) is 64.3 Å². The summed E-state index contributed by atoms with van der Waals surface area (Å²) in [5.41, 5.74) is 4.88. The molecular weight excluding hydrogens is 236 g/mol. The van der Waals surface area contributed by atoms with E-state index < -0.39 is 5.54 Å². The third-order valence-electron chi connectivity index (χ3n) is 2.93. The van der Waals surface area contributed by atoms with Gasteiger partial charge in [0, 0.05) is 30.3 Å². The molecule has 0 bridgehead atoms. The Morgan fingerprint density at radius 3 is 2.59 bits per heavy atom. The van der Waals surface area contributed by atoms with Crippen molar-refractivity contribution < 1.29 is 9.53 Å². The molecule has 3 N–H and O–H groups in total. The van der Waals surface area contributed by atoms with E-state index in [4.69, 9.17) is 10.5 Å². The van der Waals surface area contributed by atoms with Gasteiger partial charge in [-0.15, -0.1) is 0 Å². The number of ether oxygens (including phenoxy) is 1. The number of amides is 1. The Bertz CT molecular complexity index is 255. The number of carbonyl (C=O) groups excluding carboxylic acids is 1. The first-order chi connectivity index (χ1) is 7.94. The van der Waals surface area contributed by atoms with Crippen LogP contribution in [-0.4, -0.2) is 41.7 Å². The third kappa shape index (κ3) is 4.85. The highest BCUT2D eigenvalue weighted by molar-refractivity contribution is 8.00. The van der Waals surface area contributed by atoms with Crippen molar-refractivity contribution in [2.75, 3.05) is 19.0 Å². The maximum absolute atomic E-state index is 11.6. The Morgan fingerprint density at radius 1 is 1.53 bits per heavy atom. The summed E-state index contributed by atoms with van der Waals surface area (Å²) in [6.07, 6.45) is 2.14. The lowest BCUT2D eigenvalue weighted by Gasteiger charge is -2.32. The predicted molar refractivity (Wildman–Crippen MR) is 72.2 cm³/mol. The maximum Gasteiger partial charge on any atom is 0.238 e. The van der Waals surface area contributed by atoms with Crippen LogP contribution in [0.15, 0.2) is 0 Å². The summed E-state index contributed by atoms with van der Waals surface area (Å²) in [5.74, 6) is 0.455. The van der Waals surface area contributed by atoms with Crippen LogP contribution in [0.3, 0.4) is 0 Å². The van der Waals surface area contributed by atoms with Gasteiger partial charge in [-0.1, -0.05) is 0 Å². The molecule has 0 aromatic heterocycles. The minimum Gasteiger partial charge on any atom is -0.381 e. The highest BCUT2D eigenvalue weighted by Gasteiger charge is 2.32. The average molecular weight is 260 g/mol. The van der Waals surface area contributed by atoms with Gasteiger partial charge in [-0.2, -0.15) is 11.8 Å². The number of nitrogens with two attached hydrogens (primary N) is 1. The van der Waals surface area contributed by atoms with Crippen LogP contribution < -0.4 is 11.1 Å². The molecule has 0 aromatic rings. The fourth-order valence-corrected chi connectivity index (χ4v) is 3.27. The van der Waals surface area contributed by atoms with E-state index in [1.54, 1.807) is 0 Å². The van der Waals surface area contributed by atoms with Crippen molar-refractivity contribution in [1.82, 2.24) is 5.32 Å². The number of rotatable bonds is 6. The van der Waals surface area contributed by atoms with E-state index in [-0.39, 0.29) is 11.9 Å². The van der Waals surface area contributed by atoms with Gasteiger partial charge in [-0.3, -0.25) is 4.79 Å². The van der Waals surface area contributed by atoms with Gasteiger partial charge in [-0.05, 0) is 33.6 Å². The van der Waals surface area contributed by atoms with Crippen LogP contribution in [0.1, 0.15) is 33.6 Å². The van der Waals surface area contributed by atoms with Gasteiger partial charge in [0.25, 0.3) is 0 Å². The molecule has 1 amide bonds. The van der Waals surface area contributed by atoms with E-state index in [0.29, 0.717) is 5.25 Å². The molecule has 1 heterocycles. The summed E-state index contributed by atoms with van der Waals surface area (Å²) in [4.78, 5) is 11.6. The summed E-state index contributed by atoms with van der Waals surface area (Å²) in [6.45, 7) is 7.62. The van der Waals surface area contributed by atoms with Gasteiger partial charge >= 0.3 is 0 Å². The van der Waals surface area contributed by atoms with E-state index in [0.717, 1.165) is 31.8 Å². The second-order valence-electron chi connectivity index (χ2n) is 5.12. The largest absolute Gasteiger partial charge is 0.381 e. The van der Waals surface area contributed by atoms with Gasteiger partial charge in [0.05, 0.1) is 0 Å². The molecule has 1 rings (SSSR count). The average Bonchev–Trinajstić information content (AvgIpc) is 2.27. The first kappa shape index (κ1) is 14.8. The van der Waals surface area contributed by atoms with Crippen LogP contribution in [0.4, 0.5) is 0 Å². The monoisotopic (exact) mass is 260 g/mol. The zero-order valence-corrected chi connectivity index (χ0v) is 11.8. The summed E-state index contributed by atoms with van der Waals surface area (Å²) in [7, 11) is 0. The van der Waals surface area contributed by atoms with E-state index in [9.17, 15) is 4.79 Å². The molecule has 5 heteroatoms. The fourth-order valence-electron chi connectivity index (χ4n) is 1.95. The summed E-state index contributed by atoms with van der Waals surface area (Å²) in [6, 6.07) is 0.253. The number of carbonyl (C=O) groups is 1. The zero-order valence-electron chi connectivity index (χ0n) is 11.0. The lowest BCUT2D eigenvalue weighted by atomic mass is 10.0. The Labute approximate surface area is 108 Å². The van der Waals surface area contributed by atoms with Gasteiger partial charge in [0.15, 0.2) is 0 Å². The van der Waals surface area contributed by atoms with Crippen molar-refractivity contribution in [3.8, 4) is 0 Å². The van der Waals surface area contributed by atoms with Crippen LogP contribution in [0.2, 0.25) is 0 Å². The predicted octanol–water partition coefficient (Wildman–Crippen LogP) is 1.14. The van der Waals surface area contributed by atoms with Crippen molar-refractivity contribution in [3.63, 3.8) is 0 Å². The highest BCUT2D eigenvalue weighted by Crippen LogP contribution is 2.25.